The zero-order chi connectivity index (χ0) is 19.4. The number of carbonyl (C=O) groups is 1. The molecule has 140 valence electrons. The van der Waals surface area contributed by atoms with Crippen LogP contribution in [0.2, 0.25) is 0 Å². The summed E-state index contributed by atoms with van der Waals surface area (Å²) >= 11 is 0. The van der Waals surface area contributed by atoms with Crippen molar-refractivity contribution in [1.29, 1.82) is 0 Å². The van der Waals surface area contributed by atoms with Crippen LogP contribution in [0.4, 0.5) is 8.78 Å². The second-order valence-electron chi connectivity index (χ2n) is 5.78. The van der Waals surface area contributed by atoms with E-state index in [1.807, 2.05) is 0 Å². The maximum Gasteiger partial charge on any atom is 0.267 e. The molecule has 0 saturated heterocycles. The standard InChI is InChI=1S/C18H16F2N4O3/c1-10-13(17(26)24-23-10)8-16(25)22-9-11-3-2-6-21-18(11)27-12-4-5-14(19)15(20)7-12/h2-7H,8-9H2,1H3,(H,22,25)(H2,23,24,26). The Kier molecular flexibility index (Phi) is 5.30. The highest BCUT2D eigenvalue weighted by molar-refractivity contribution is 5.78. The third kappa shape index (κ3) is 4.38. The van der Waals surface area contributed by atoms with Crippen LogP contribution in [0.3, 0.4) is 0 Å². The van der Waals surface area contributed by atoms with Crippen molar-refractivity contribution in [1.82, 2.24) is 20.5 Å². The minimum Gasteiger partial charge on any atom is -0.439 e. The van der Waals surface area contributed by atoms with Crippen molar-refractivity contribution >= 4 is 5.91 Å². The highest BCUT2D eigenvalue weighted by atomic mass is 19.2. The number of rotatable bonds is 6. The number of aryl methyl sites for hydroxylation is 1. The van der Waals surface area contributed by atoms with Gasteiger partial charge in [-0.1, -0.05) is 6.07 Å². The second kappa shape index (κ2) is 7.81. The Labute approximate surface area is 152 Å². The first-order valence-corrected chi connectivity index (χ1v) is 8.03. The van der Waals surface area contributed by atoms with Crippen LogP contribution in [-0.4, -0.2) is 21.1 Å². The lowest BCUT2D eigenvalue weighted by Crippen LogP contribution is -2.27. The van der Waals surface area contributed by atoms with Crippen LogP contribution < -0.4 is 15.6 Å². The number of amides is 1. The van der Waals surface area contributed by atoms with Gasteiger partial charge in [-0.25, -0.2) is 13.8 Å². The molecule has 0 unspecified atom stereocenters. The van der Waals surface area contributed by atoms with Crippen molar-refractivity contribution in [2.24, 2.45) is 0 Å². The normalized spacial score (nSPS) is 10.6. The molecule has 0 spiro atoms. The molecule has 0 aliphatic rings. The molecular formula is C18H16F2N4O3. The van der Waals surface area contributed by atoms with Crippen molar-refractivity contribution < 1.29 is 18.3 Å². The molecule has 0 aliphatic carbocycles. The molecule has 3 rings (SSSR count). The Balaban J connectivity index is 1.68. The number of aromatic nitrogens is 3. The first-order valence-electron chi connectivity index (χ1n) is 8.03. The molecule has 27 heavy (non-hydrogen) atoms. The molecule has 9 heteroatoms. The SMILES string of the molecule is Cc1[nH][nH]c(=O)c1CC(=O)NCc1cccnc1Oc1ccc(F)c(F)c1. The van der Waals surface area contributed by atoms with E-state index in [4.69, 9.17) is 4.74 Å². The predicted octanol–water partition coefficient (Wildman–Crippen LogP) is 2.34. The molecule has 2 aromatic heterocycles. The fraction of sp³-hybridized carbons (Fsp3) is 0.167. The van der Waals surface area contributed by atoms with Gasteiger partial charge in [0.05, 0.1) is 6.42 Å². The Morgan fingerprint density at radius 3 is 2.74 bits per heavy atom. The molecule has 3 N–H and O–H groups in total. The number of aromatic amines is 2. The van der Waals surface area contributed by atoms with Gasteiger partial charge in [0.25, 0.3) is 5.56 Å². The van der Waals surface area contributed by atoms with Gasteiger partial charge in [-0.05, 0) is 25.1 Å². The molecule has 0 aliphatic heterocycles. The molecular weight excluding hydrogens is 358 g/mol. The summed E-state index contributed by atoms with van der Waals surface area (Å²) < 4.78 is 31.8. The third-order valence-electron chi connectivity index (χ3n) is 3.86. The number of hydrogen-bond acceptors (Lipinski definition) is 4. The average Bonchev–Trinajstić information content (AvgIpc) is 2.96. The Hall–Kier alpha value is -3.49. The van der Waals surface area contributed by atoms with Crippen molar-refractivity contribution in [2.45, 2.75) is 19.9 Å². The van der Waals surface area contributed by atoms with Gasteiger partial charge >= 0.3 is 0 Å². The number of benzene rings is 1. The summed E-state index contributed by atoms with van der Waals surface area (Å²) in [5.41, 5.74) is 1.15. The highest BCUT2D eigenvalue weighted by Crippen LogP contribution is 2.24. The maximum atomic E-state index is 13.3. The van der Waals surface area contributed by atoms with Gasteiger partial charge in [0, 0.05) is 35.6 Å². The fourth-order valence-electron chi connectivity index (χ4n) is 2.40. The van der Waals surface area contributed by atoms with E-state index in [0.29, 0.717) is 16.8 Å². The number of halogens is 2. The lowest BCUT2D eigenvalue weighted by Gasteiger charge is -2.11. The zero-order valence-corrected chi connectivity index (χ0v) is 14.3. The number of nitrogens with zero attached hydrogens (tertiary/aromatic N) is 1. The monoisotopic (exact) mass is 374 g/mol. The van der Waals surface area contributed by atoms with E-state index in [2.05, 4.69) is 20.5 Å². The minimum atomic E-state index is -1.04. The average molecular weight is 374 g/mol. The summed E-state index contributed by atoms with van der Waals surface area (Å²) in [6, 6.07) is 6.47. The summed E-state index contributed by atoms with van der Waals surface area (Å²) in [6.45, 7) is 1.78. The summed E-state index contributed by atoms with van der Waals surface area (Å²) in [7, 11) is 0. The molecule has 1 aromatic carbocycles. The summed E-state index contributed by atoms with van der Waals surface area (Å²) in [4.78, 5) is 27.8. The molecule has 1 amide bonds. The fourth-order valence-corrected chi connectivity index (χ4v) is 2.40. The number of pyridine rings is 1. The lowest BCUT2D eigenvalue weighted by molar-refractivity contribution is -0.120. The number of H-pyrrole nitrogens is 2. The van der Waals surface area contributed by atoms with Gasteiger partial charge in [-0.15, -0.1) is 0 Å². The Morgan fingerprint density at radius 2 is 2.04 bits per heavy atom. The van der Waals surface area contributed by atoms with Crippen molar-refractivity contribution in [3.63, 3.8) is 0 Å². The molecule has 2 heterocycles. The lowest BCUT2D eigenvalue weighted by atomic mass is 10.2. The molecule has 3 aromatic rings. The van der Waals surface area contributed by atoms with Crippen LogP contribution in [0, 0.1) is 18.6 Å². The van der Waals surface area contributed by atoms with E-state index in [-0.39, 0.29) is 36.1 Å². The van der Waals surface area contributed by atoms with Crippen molar-refractivity contribution in [2.75, 3.05) is 0 Å². The van der Waals surface area contributed by atoms with E-state index in [0.717, 1.165) is 12.1 Å². The van der Waals surface area contributed by atoms with Crippen LogP contribution in [0.15, 0.2) is 41.3 Å². The molecule has 0 radical (unpaired) electrons. The largest absolute Gasteiger partial charge is 0.439 e. The zero-order valence-electron chi connectivity index (χ0n) is 14.3. The van der Waals surface area contributed by atoms with Gasteiger partial charge < -0.3 is 15.2 Å². The predicted molar refractivity (Wildman–Crippen MR) is 92.4 cm³/mol. The quantitative estimate of drug-likeness (QED) is 0.617. The van der Waals surface area contributed by atoms with Gasteiger partial charge in [-0.2, -0.15) is 0 Å². The van der Waals surface area contributed by atoms with E-state index < -0.39 is 11.6 Å². The van der Waals surface area contributed by atoms with Gasteiger partial charge in [0.2, 0.25) is 11.8 Å². The first-order chi connectivity index (χ1) is 12.9. The summed E-state index contributed by atoms with van der Waals surface area (Å²) in [5, 5.41) is 7.75. The van der Waals surface area contributed by atoms with Crippen LogP contribution >= 0.6 is 0 Å². The number of carbonyl (C=O) groups excluding carboxylic acids is 1. The Morgan fingerprint density at radius 1 is 1.22 bits per heavy atom. The Bertz CT molecular complexity index is 1030. The van der Waals surface area contributed by atoms with Gasteiger partial charge in [0.15, 0.2) is 11.6 Å². The molecule has 0 atom stereocenters. The van der Waals surface area contributed by atoms with Crippen LogP contribution in [-0.2, 0) is 17.8 Å². The van der Waals surface area contributed by atoms with E-state index in [9.17, 15) is 18.4 Å². The van der Waals surface area contributed by atoms with Gasteiger partial charge in [-0.3, -0.25) is 14.7 Å². The minimum absolute atomic E-state index is 0.0784. The molecule has 0 bridgehead atoms. The van der Waals surface area contributed by atoms with Crippen LogP contribution in [0.5, 0.6) is 11.6 Å². The molecule has 7 nitrogen and oxygen atoms in total. The maximum absolute atomic E-state index is 13.3. The van der Waals surface area contributed by atoms with E-state index in [1.54, 1.807) is 19.1 Å². The van der Waals surface area contributed by atoms with E-state index in [1.165, 1.54) is 12.3 Å². The smallest absolute Gasteiger partial charge is 0.267 e. The van der Waals surface area contributed by atoms with Crippen LogP contribution in [0.25, 0.3) is 0 Å². The van der Waals surface area contributed by atoms with Gasteiger partial charge in [0.1, 0.15) is 5.75 Å². The van der Waals surface area contributed by atoms with Crippen molar-refractivity contribution in [3.8, 4) is 11.6 Å². The molecule has 0 saturated carbocycles. The summed E-state index contributed by atoms with van der Waals surface area (Å²) in [6.07, 6.45) is 1.40. The topological polar surface area (TPSA) is 99.9 Å². The number of nitrogens with one attached hydrogen (secondary N) is 3. The number of ether oxygens (including phenoxy) is 1. The second-order valence-corrected chi connectivity index (χ2v) is 5.78. The van der Waals surface area contributed by atoms with Crippen molar-refractivity contribution in [3.05, 3.63) is 75.3 Å². The highest BCUT2D eigenvalue weighted by Gasteiger charge is 2.13. The number of hydrogen-bond donors (Lipinski definition) is 3. The third-order valence-corrected chi connectivity index (χ3v) is 3.86. The molecule has 0 fully saturated rings. The summed E-state index contributed by atoms with van der Waals surface area (Å²) in [5.74, 6) is -2.14. The van der Waals surface area contributed by atoms with E-state index >= 15 is 0 Å². The first kappa shape index (κ1) is 18.3. The van der Waals surface area contributed by atoms with Crippen LogP contribution in [0.1, 0.15) is 16.8 Å².